The number of aliphatic hydroxyl groups is 1. The van der Waals surface area contributed by atoms with Gasteiger partial charge in [-0.15, -0.1) is 0 Å². The number of nitrogens with zero attached hydrogens (tertiary/aromatic N) is 4. The summed E-state index contributed by atoms with van der Waals surface area (Å²) >= 11 is 12.0. The summed E-state index contributed by atoms with van der Waals surface area (Å²) in [5.41, 5.74) is 0.317. The van der Waals surface area contributed by atoms with Crippen LogP contribution in [0, 0.1) is 5.82 Å². The first-order valence-corrected chi connectivity index (χ1v) is 8.48. The van der Waals surface area contributed by atoms with Crippen molar-refractivity contribution in [2.24, 2.45) is 0 Å². The molecule has 5 nitrogen and oxygen atoms in total. The van der Waals surface area contributed by atoms with E-state index >= 15 is 0 Å². The van der Waals surface area contributed by atoms with Crippen LogP contribution in [0.2, 0.25) is 10.3 Å². The highest BCUT2D eigenvalue weighted by Crippen LogP contribution is 2.34. The van der Waals surface area contributed by atoms with Crippen molar-refractivity contribution in [2.75, 3.05) is 0 Å². The number of hydrogen-bond donors (Lipinski definition) is 1. The molecule has 0 bridgehead atoms. The molecule has 0 saturated carbocycles. The lowest BCUT2D eigenvalue weighted by atomic mass is 10.1. The second-order valence-electron chi connectivity index (χ2n) is 6.62. The zero-order valence-corrected chi connectivity index (χ0v) is 15.7. The van der Waals surface area contributed by atoms with Gasteiger partial charge in [-0.25, -0.2) is 19.3 Å². The molecule has 0 aliphatic carbocycles. The van der Waals surface area contributed by atoms with E-state index in [2.05, 4.69) is 15.0 Å². The molecule has 1 aromatic carbocycles. The number of hydrogen-bond acceptors (Lipinski definition) is 4. The Balaban J connectivity index is 2.36. The van der Waals surface area contributed by atoms with Gasteiger partial charge < -0.3 is 9.67 Å². The highest BCUT2D eigenvalue weighted by molar-refractivity contribution is 6.33. The van der Waals surface area contributed by atoms with Gasteiger partial charge in [-0.2, -0.15) is 0 Å². The Hall–Kier alpha value is -1.76. The number of fused-ring (bicyclic) bond motifs is 1. The lowest BCUT2D eigenvalue weighted by molar-refractivity contribution is 0.0641. The number of rotatable bonds is 3. The number of benzene rings is 1. The average Bonchev–Trinajstić information content (AvgIpc) is 2.90. The number of halogens is 3. The van der Waals surface area contributed by atoms with Gasteiger partial charge in [0.1, 0.15) is 16.9 Å². The van der Waals surface area contributed by atoms with Crippen LogP contribution in [0.25, 0.3) is 22.3 Å². The second-order valence-corrected chi connectivity index (χ2v) is 7.36. The number of imidazole rings is 1. The molecular weight excluding hydrogens is 366 g/mol. The van der Waals surface area contributed by atoms with Gasteiger partial charge >= 0.3 is 0 Å². The van der Waals surface area contributed by atoms with Gasteiger partial charge in [-0.05, 0) is 51.4 Å². The van der Waals surface area contributed by atoms with Crippen LogP contribution in [0.15, 0.2) is 18.3 Å². The van der Waals surface area contributed by atoms with E-state index in [9.17, 15) is 9.50 Å². The predicted molar refractivity (Wildman–Crippen MR) is 96.4 cm³/mol. The molecule has 0 amide bonds. The van der Waals surface area contributed by atoms with Crippen LogP contribution < -0.4 is 0 Å². The fraction of sp³-hybridized carbons (Fsp3) is 0.353. The summed E-state index contributed by atoms with van der Waals surface area (Å²) in [6.45, 7) is 7.12. The van der Waals surface area contributed by atoms with E-state index in [1.54, 1.807) is 24.5 Å². The fourth-order valence-corrected chi connectivity index (χ4v) is 3.13. The Morgan fingerprint density at radius 1 is 1.20 bits per heavy atom. The van der Waals surface area contributed by atoms with Crippen LogP contribution in [-0.4, -0.2) is 24.6 Å². The average molecular weight is 383 g/mol. The Labute approximate surface area is 154 Å². The molecule has 25 heavy (non-hydrogen) atoms. The van der Waals surface area contributed by atoms with Crippen LogP contribution in [0.3, 0.4) is 0 Å². The third-order valence-electron chi connectivity index (χ3n) is 3.80. The molecule has 8 heteroatoms. The Bertz CT molecular complexity index is 963. The van der Waals surface area contributed by atoms with Crippen molar-refractivity contribution in [3.05, 3.63) is 40.3 Å². The third-order valence-corrected chi connectivity index (χ3v) is 4.26. The van der Waals surface area contributed by atoms with Crippen molar-refractivity contribution in [3.8, 4) is 11.3 Å². The van der Waals surface area contributed by atoms with E-state index in [-0.39, 0.29) is 21.9 Å². The molecule has 0 spiro atoms. The van der Waals surface area contributed by atoms with Crippen molar-refractivity contribution < 1.29 is 9.50 Å². The van der Waals surface area contributed by atoms with Gasteiger partial charge in [0.25, 0.3) is 0 Å². The zero-order chi connectivity index (χ0) is 18.5. The summed E-state index contributed by atoms with van der Waals surface area (Å²) in [4.78, 5) is 12.2. The lowest BCUT2D eigenvalue weighted by Gasteiger charge is -2.21. The van der Waals surface area contributed by atoms with Crippen molar-refractivity contribution >= 4 is 34.2 Å². The van der Waals surface area contributed by atoms with Gasteiger partial charge in [0.05, 0.1) is 22.4 Å². The van der Waals surface area contributed by atoms with E-state index in [0.717, 1.165) is 0 Å². The predicted octanol–water partition coefficient (Wildman–Crippen LogP) is 4.75. The van der Waals surface area contributed by atoms with Crippen LogP contribution >= 0.6 is 23.2 Å². The first-order chi connectivity index (χ1) is 11.6. The Morgan fingerprint density at radius 2 is 1.88 bits per heavy atom. The van der Waals surface area contributed by atoms with E-state index in [4.69, 9.17) is 23.2 Å². The highest BCUT2D eigenvalue weighted by Gasteiger charge is 2.27. The minimum atomic E-state index is -1.22. The summed E-state index contributed by atoms with van der Waals surface area (Å²) in [5.74, 6) is -0.136. The van der Waals surface area contributed by atoms with Crippen LogP contribution in [-0.2, 0) is 5.60 Å². The largest absolute Gasteiger partial charge is 0.383 e. The fourth-order valence-electron chi connectivity index (χ4n) is 2.79. The van der Waals surface area contributed by atoms with Gasteiger partial charge in [-0.1, -0.05) is 11.6 Å². The summed E-state index contributed by atoms with van der Waals surface area (Å²) in [6, 6.07) is 3.01. The van der Waals surface area contributed by atoms with E-state index in [1.807, 2.05) is 13.8 Å². The molecule has 2 aromatic heterocycles. The lowest BCUT2D eigenvalue weighted by Crippen LogP contribution is -2.23. The van der Waals surface area contributed by atoms with E-state index in [1.165, 1.54) is 12.3 Å². The van der Waals surface area contributed by atoms with Gasteiger partial charge in [-0.3, -0.25) is 0 Å². The smallest absolute Gasteiger partial charge is 0.222 e. The molecule has 0 atom stereocenters. The van der Waals surface area contributed by atoms with Crippen molar-refractivity contribution in [1.82, 2.24) is 19.5 Å². The number of aromatic nitrogens is 4. The standard InChI is InChI=1S/C17H17Cl2FN4O/c1-8(2)24-12-6-9(13-10(18)7-21-16(19)23-13)5-11(20)14(12)22-15(24)17(3,4)25/h5-8,25H,1-4H3. The van der Waals surface area contributed by atoms with Gasteiger partial charge in [0.2, 0.25) is 5.28 Å². The van der Waals surface area contributed by atoms with Crippen molar-refractivity contribution in [1.29, 1.82) is 0 Å². The second kappa shape index (κ2) is 6.20. The maximum Gasteiger partial charge on any atom is 0.222 e. The van der Waals surface area contributed by atoms with Crippen LogP contribution in [0.5, 0.6) is 0 Å². The summed E-state index contributed by atoms with van der Waals surface area (Å²) < 4.78 is 16.5. The Morgan fingerprint density at radius 3 is 2.48 bits per heavy atom. The van der Waals surface area contributed by atoms with Crippen molar-refractivity contribution in [2.45, 2.75) is 39.3 Å². The first-order valence-electron chi connectivity index (χ1n) is 7.72. The topological polar surface area (TPSA) is 63.8 Å². The zero-order valence-electron chi connectivity index (χ0n) is 14.2. The Kier molecular flexibility index (Phi) is 4.47. The molecule has 1 N–H and O–H groups in total. The SMILES string of the molecule is CC(C)n1c(C(C)(C)O)nc2c(F)cc(-c3nc(Cl)ncc3Cl)cc21. The molecule has 2 heterocycles. The minimum Gasteiger partial charge on any atom is -0.383 e. The van der Waals surface area contributed by atoms with E-state index in [0.29, 0.717) is 22.6 Å². The van der Waals surface area contributed by atoms with E-state index < -0.39 is 11.4 Å². The molecule has 3 rings (SSSR count). The van der Waals surface area contributed by atoms with Crippen LogP contribution in [0.1, 0.15) is 39.6 Å². The molecule has 0 fully saturated rings. The third kappa shape index (κ3) is 3.21. The molecule has 3 aromatic rings. The molecule has 0 unspecified atom stereocenters. The summed E-state index contributed by atoms with van der Waals surface area (Å²) in [6.07, 6.45) is 1.37. The molecule has 0 aliphatic rings. The van der Waals surface area contributed by atoms with Gasteiger partial charge in [0.15, 0.2) is 5.82 Å². The summed E-state index contributed by atoms with van der Waals surface area (Å²) in [5, 5.41) is 10.7. The molecule has 0 aliphatic heterocycles. The maximum absolute atomic E-state index is 14.7. The minimum absolute atomic E-state index is 0.0226. The maximum atomic E-state index is 14.7. The molecule has 0 saturated heterocycles. The highest BCUT2D eigenvalue weighted by atomic mass is 35.5. The molecule has 132 valence electrons. The quantitative estimate of drug-likeness (QED) is 0.663. The molecular formula is C17H17Cl2FN4O. The monoisotopic (exact) mass is 382 g/mol. The molecule has 0 radical (unpaired) electrons. The van der Waals surface area contributed by atoms with Gasteiger partial charge in [0, 0.05) is 11.6 Å². The van der Waals surface area contributed by atoms with Crippen LogP contribution in [0.4, 0.5) is 4.39 Å². The first kappa shape index (κ1) is 18.0. The normalized spacial score (nSPS) is 12.4. The van der Waals surface area contributed by atoms with Crippen molar-refractivity contribution in [3.63, 3.8) is 0 Å². The summed E-state index contributed by atoms with van der Waals surface area (Å²) in [7, 11) is 0.